The molecule has 136 valence electrons. The number of rotatable bonds is 3. The van der Waals surface area contributed by atoms with Crippen molar-refractivity contribution in [2.75, 3.05) is 0 Å². The summed E-state index contributed by atoms with van der Waals surface area (Å²) in [5, 5.41) is 0. The predicted octanol–water partition coefficient (Wildman–Crippen LogP) is 3.16. The average Bonchev–Trinajstić information content (AvgIpc) is 2.97. The van der Waals surface area contributed by atoms with Crippen molar-refractivity contribution < 1.29 is 27.8 Å². The molecule has 4 aliphatic carbocycles. The molecule has 0 aromatic carbocycles. The summed E-state index contributed by atoms with van der Waals surface area (Å²) in [5.41, 5.74) is -1.70. The zero-order valence-corrected chi connectivity index (χ0v) is 13.9. The van der Waals surface area contributed by atoms with Crippen LogP contribution in [-0.4, -0.2) is 38.7 Å². The molecule has 4 saturated carbocycles. The highest BCUT2D eigenvalue weighted by Crippen LogP contribution is 2.60. The number of hydrogen-bond donors (Lipinski definition) is 0. The summed E-state index contributed by atoms with van der Waals surface area (Å²) in [6.07, 6.45) is 7.55. The minimum absolute atomic E-state index is 0.218. The molecular formula is C17H20F2N2O4. The Balaban J connectivity index is 1.56. The Kier molecular flexibility index (Phi) is 3.46. The summed E-state index contributed by atoms with van der Waals surface area (Å²) >= 11 is 0. The van der Waals surface area contributed by atoms with Crippen LogP contribution in [0.3, 0.4) is 0 Å². The molecule has 25 heavy (non-hydrogen) atoms. The third kappa shape index (κ3) is 2.91. The minimum Gasteiger partial charge on any atom is -0.454 e. The first kappa shape index (κ1) is 16.5. The molecule has 6 nitrogen and oxygen atoms in total. The van der Waals surface area contributed by atoms with Crippen LogP contribution in [0.5, 0.6) is 0 Å². The van der Waals surface area contributed by atoms with Crippen molar-refractivity contribution in [3.8, 4) is 0 Å². The molecule has 1 heterocycles. The fourth-order valence-corrected chi connectivity index (χ4v) is 5.23. The van der Waals surface area contributed by atoms with E-state index in [9.17, 15) is 18.4 Å². The maximum absolute atomic E-state index is 13.3. The van der Waals surface area contributed by atoms with E-state index in [1.165, 1.54) is 23.3 Å². The van der Waals surface area contributed by atoms with Crippen molar-refractivity contribution in [1.29, 1.82) is 0 Å². The molecule has 1 aromatic rings. The lowest BCUT2D eigenvalue weighted by Gasteiger charge is -2.60. The van der Waals surface area contributed by atoms with E-state index in [1.54, 1.807) is 0 Å². The van der Waals surface area contributed by atoms with Gasteiger partial charge in [0.25, 0.3) is 0 Å². The molecule has 2 atom stereocenters. The number of nitrogens with zero attached hydrogens (tertiary/aromatic N) is 2. The number of imidazole rings is 1. The Labute approximate surface area is 143 Å². The monoisotopic (exact) mass is 354 g/mol. The molecular weight excluding hydrogens is 334 g/mol. The Morgan fingerprint density at radius 2 is 1.76 bits per heavy atom. The van der Waals surface area contributed by atoms with E-state index in [0.717, 1.165) is 6.42 Å². The van der Waals surface area contributed by atoms with Crippen LogP contribution in [0.2, 0.25) is 0 Å². The number of alkyl halides is 2. The second-order valence-electron chi connectivity index (χ2n) is 7.94. The van der Waals surface area contributed by atoms with Crippen molar-refractivity contribution in [3.05, 3.63) is 18.7 Å². The summed E-state index contributed by atoms with van der Waals surface area (Å²) in [7, 11) is 0. The molecule has 4 bridgehead atoms. The number of carbonyl (C=O) groups excluding carboxylic acids is 2. The Morgan fingerprint density at radius 3 is 2.28 bits per heavy atom. The number of hydrogen-bond acceptors (Lipinski definition) is 5. The third-order valence-electron chi connectivity index (χ3n) is 5.64. The van der Waals surface area contributed by atoms with Crippen molar-refractivity contribution in [2.24, 2.45) is 11.8 Å². The average molecular weight is 354 g/mol. The number of carbonyl (C=O) groups is 2. The lowest BCUT2D eigenvalue weighted by molar-refractivity contribution is -0.232. The van der Waals surface area contributed by atoms with Gasteiger partial charge in [-0.3, -0.25) is 0 Å². The van der Waals surface area contributed by atoms with Gasteiger partial charge in [-0.1, -0.05) is 0 Å². The highest BCUT2D eigenvalue weighted by molar-refractivity contribution is 5.77. The SMILES string of the molecule is CC(F)(F)C(=O)OC12CC3CC(CC(OC(=O)n4ccnc4)(C3)C1)C2. The first-order chi connectivity index (χ1) is 11.7. The van der Waals surface area contributed by atoms with Gasteiger partial charge in [-0.25, -0.2) is 19.1 Å². The van der Waals surface area contributed by atoms with E-state index < -0.39 is 29.2 Å². The standard InChI is InChI=1S/C17H20F2N2O4/c1-15(18,19)13(22)24-16-5-11-4-12(6-16)8-17(7-11,9-16)25-14(23)21-3-2-20-10-21/h2-3,10-12H,4-9H2,1H3. The van der Waals surface area contributed by atoms with Crippen molar-refractivity contribution in [3.63, 3.8) is 0 Å². The van der Waals surface area contributed by atoms with E-state index in [0.29, 0.717) is 32.6 Å². The fraction of sp³-hybridized carbons (Fsp3) is 0.706. The predicted molar refractivity (Wildman–Crippen MR) is 81.0 cm³/mol. The zero-order valence-electron chi connectivity index (χ0n) is 13.9. The van der Waals surface area contributed by atoms with Crippen molar-refractivity contribution >= 4 is 12.1 Å². The van der Waals surface area contributed by atoms with Gasteiger partial charge in [-0.05, 0) is 43.9 Å². The quantitative estimate of drug-likeness (QED) is 0.780. The first-order valence-corrected chi connectivity index (χ1v) is 8.51. The van der Waals surface area contributed by atoms with Gasteiger partial charge in [-0.15, -0.1) is 0 Å². The normalized spacial score (nSPS) is 36.3. The number of halogens is 2. The summed E-state index contributed by atoms with van der Waals surface area (Å²) < 4.78 is 39.0. The van der Waals surface area contributed by atoms with Gasteiger partial charge < -0.3 is 9.47 Å². The Morgan fingerprint density at radius 1 is 1.16 bits per heavy atom. The van der Waals surface area contributed by atoms with E-state index in [-0.39, 0.29) is 18.3 Å². The van der Waals surface area contributed by atoms with Gasteiger partial charge in [0.05, 0.1) is 0 Å². The Bertz CT molecular complexity index is 684. The van der Waals surface area contributed by atoms with Crippen LogP contribution in [0.4, 0.5) is 13.6 Å². The number of aromatic nitrogens is 2. The second-order valence-corrected chi connectivity index (χ2v) is 7.94. The van der Waals surface area contributed by atoms with Gasteiger partial charge >= 0.3 is 18.0 Å². The smallest absolute Gasteiger partial charge is 0.419 e. The highest BCUT2D eigenvalue weighted by Gasteiger charge is 2.62. The minimum atomic E-state index is -3.52. The molecule has 0 N–H and O–H groups in total. The van der Waals surface area contributed by atoms with Gasteiger partial charge in [0.2, 0.25) is 0 Å². The summed E-state index contributed by atoms with van der Waals surface area (Å²) in [5.74, 6) is -4.58. The topological polar surface area (TPSA) is 70.4 Å². The van der Waals surface area contributed by atoms with Crippen LogP contribution in [0.15, 0.2) is 18.7 Å². The fourth-order valence-electron chi connectivity index (χ4n) is 5.23. The van der Waals surface area contributed by atoms with Gasteiger partial charge in [0.1, 0.15) is 17.5 Å². The summed E-state index contributed by atoms with van der Waals surface area (Å²) in [4.78, 5) is 27.9. The molecule has 4 fully saturated rings. The maximum Gasteiger partial charge on any atom is 0.419 e. The van der Waals surface area contributed by atoms with E-state index in [1.807, 2.05) is 0 Å². The summed E-state index contributed by atoms with van der Waals surface area (Å²) in [6, 6.07) is 0. The second kappa shape index (κ2) is 5.25. The van der Waals surface area contributed by atoms with Crippen molar-refractivity contribution in [1.82, 2.24) is 9.55 Å². The summed E-state index contributed by atoms with van der Waals surface area (Å²) in [6.45, 7) is 0.546. The molecule has 8 heteroatoms. The molecule has 2 unspecified atom stereocenters. The van der Waals surface area contributed by atoms with Crippen LogP contribution in [0, 0.1) is 11.8 Å². The molecule has 0 amide bonds. The molecule has 4 aliphatic rings. The van der Waals surface area contributed by atoms with Gasteiger partial charge in [0.15, 0.2) is 0 Å². The lowest BCUT2D eigenvalue weighted by Crippen LogP contribution is -2.62. The molecule has 5 rings (SSSR count). The number of ether oxygens (including phenoxy) is 2. The molecule has 0 spiro atoms. The van der Waals surface area contributed by atoms with Crippen LogP contribution >= 0.6 is 0 Å². The van der Waals surface area contributed by atoms with E-state index in [4.69, 9.17) is 9.47 Å². The maximum atomic E-state index is 13.3. The van der Waals surface area contributed by atoms with E-state index >= 15 is 0 Å². The molecule has 0 saturated heterocycles. The van der Waals surface area contributed by atoms with Gasteiger partial charge in [-0.2, -0.15) is 8.78 Å². The number of esters is 1. The Hall–Kier alpha value is -1.99. The van der Waals surface area contributed by atoms with Crippen LogP contribution < -0.4 is 0 Å². The molecule has 0 radical (unpaired) electrons. The van der Waals surface area contributed by atoms with Crippen LogP contribution in [-0.2, 0) is 14.3 Å². The van der Waals surface area contributed by atoms with Crippen LogP contribution in [0.25, 0.3) is 0 Å². The van der Waals surface area contributed by atoms with E-state index in [2.05, 4.69) is 4.98 Å². The zero-order chi connectivity index (χ0) is 17.9. The van der Waals surface area contributed by atoms with Crippen molar-refractivity contribution in [2.45, 2.75) is 62.6 Å². The first-order valence-electron chi connectivity index (χ1n) is 8.51. The lowest BCUT2D eigenvalue weighted by atomic mass is 9.52. The molecule has 0 aliphatic heterocycles. The highest BCUT2D eigenvalue weighted by atomic mass is 19.3. The molecule has 1 aromatic heterocycles. The van der Waals surface area contributed by atoms with Crippen LogP contribution in [0.1, 0.15) is 45.4 Å². The van der Waals surface area contributed by atoms with Gasteiger partial charge in [0, 0.05) is 25.7 Å². The third-order valence-corrected chi connectivity index (χ3v) is 5.64. The largest absolute Gasteiger partial charge is 0.454 e.